The molecule has 0 aliphatic heterocycles. The van der Waals surface area contributed by atoms with Crippen molar-refractivity contribution in [1.82, 2.24) is 4.72 Å². The Morgan fingerprint density at radius 3 is 2.45 bits per heavy atom. The summed E-state index contributed by atoms with van der Waals surface area (Å²) in [6.07, 6.45) is 0.753. The Labute approximate surface area is 135 Å². The highest BCUT2D eigenvalue weighted by molar-refractivity contribution is 9.11. The predicted molar refractivity (Wildman–Crippen MR) is 83.1 cm³/mol. The van der Waals surface area contributed by atoms with Crippen LogP contribution in [-0.4, -0.2) is 25.0 Å². The maximum Gasteiger partial charge on any atom is 0.324 e. The fourth-order valence-electron chi connectivity index (χ4n) is 1.75. The normalized spacial score (nSPS) is 14.8. The van der Waals surface area contributed by atoms with E-state index in [2.05, 4.69) is 36.6 Å². The van der Waals surface area contributed by atoms with Crippen molar-refractivity contribution in [3.63, 3.8) is 0 Å². The molecule has 112 valence electrons. The van der Waals surface area contributed by atoms with Gasteiger partial charge in [-0.3, -0.25) is 4.79 Å². The molecule has 2 N–H and O–H groups in total. The molecule has 1 atom stereocenters. The van der Waals surface area contributed by atoms with Gasteiger partial charge in [0.15, 0.2) is 0 Å². The number of halogens is 2. The second-order valence-corrected chi connectivity index (χ2v) is 7.99. The monoisotopic (exact) mass is 427 g/mol. The minimum atomic E-state index is -3.93. The van der Waals surface area contributed by atoms with Gasteiger partial charge in [0, 0.05) is 8.95 Å². The van der Waals surface area contributed by atoms with E-state index in [0.717, 1.165) is 4.47 Å². The lowest BCUT2D eigenvalue weighted by Gasteiger charge is -2.25. The Morgan fingerprint density at radius 1 is 1.40 bits per heavy atom. The summed E-state index contributed by atoms with van der Waals surface area (Å²) in [6.45, 7) is 3.16. The van der Waals surface area contributed by atoms with Gasteiger partial charge in [-0.1, -0.05) is 29.3 Å². The van der Waals surface area contributed by atoms with Crippen molar-refractivity contribution < 1.29 is 18.3 Å². The molecule has 0 aliphatic carbocycles. The summed E-state index contributed by atoms with van der Waals surface area (Å²) in [7, 11) is -3.93. The molecule has 20 heavy (non-hydrogen) atoms. The summed E-state index contributed by atoms with van der Waals surface area (Å²) in [5.74, 6) is -1.20. The second-order valence-electron chi connectivity index (χ2n) is 4.57. The molecule has 0 spiro atoms. The van der Waals surface area contributed by atoms with Gasteiger partial charge in [-0.15, -0.1) is 0 Å². The molecule has 1 rings (SSSR count). The molecule has 0 heterocycles. The van der Waals surface area contributed by atoms with Crippen molar-refractivity contribution in [1.29, 1.82) is 0 Å². The lowest BCUT2D eigenvalue weighted by Crippen LogP contribution is -2.51. The van der Waals surface area contributed by atoms with Crippen LogP contribution in [0.1, 0.15) is 26.7 Å². The maximum atomic E-state index is 12.3. The van der Waals surface area contributed by atoms with Crippen LogP contribution in [0.15, 0.2) is 32.0 Å². The number of nitrogens with one attached hydrogen (secondary N) is 1. The molecule has 1 aromatic rings. The first-order chi connectivity index (χ1) is 9.12. The summed E-state index contributed by atoms with van der Waals surface area (Å²) < 4.78 is 28.0. The number of hydrogen-bond donors (Lipinski definition) is 2. The molecule has 0 fully saturated rings. The molecular formula is C12H15Br2NO4S. The van der Waals surface area contributed by atoms with Gasteiger partial charge in [0.2, 0.25) is 10.0 Å². The van der Waals surface area contributed by atoms with E-state index in [9.17, 15) is 18.3 Å². The predicted octanol–water partition coefficient (Wildman–Crippen LogP) is 3.13. The number of sulfonamides is 1. The lowest BCUT2D eigenvalue weighted by atomic mass is 9.98. The van der Waals surface area contributed by atoms with Crippen LogP contribution in [0.4, 0.5) is 0 Å². The number of carboxylic acids is 1. The van der Waals surface area contributed by atoms with Crippen molar-refractivity contribution in [3.8, 4) is 0 Å². The third-order valence-corrected chi connectivity index (χ3v) is 5.83. The number of rotatable bonds is 6. The van der Waals surface area contributed by atoms with E-state index in [1.807, 2.05) is 0 Å². The quantitative estimate of drug-likeness (QED) is 0.728. The molecule has 0 aromatic heterocycles. The van der Waals surface area contributed by atoms with Crippen LogP contribution < -0.4 is 4.72 Å². The van der Waals surface area contributed by atoms with Crippen molar-refractivity contribution in [2.24, 2.45) is 0 Å². The first-order valence-corrected chi connectivity index (χ1v) is 8.92. The van der Waals surface area contributed by atoms with Gasteiger partial charge in [0.25, 0.3) is 0 Å². The lowest BCUT2D eigenvalue weighted by molar-refractivity contribution is -0.143. The van der Waals surface area contributed by atoms with Crippen LogP contribution in [0.3, 0.4) is 0 Å². The second kappa shape index (κ2) is 6.55. The van der Waals surface area contributed by atoms with E-state index in [4.69, 9.17) is 0 Å². The van der Waals surface area contributed by atoms with Gasteiger partial charge in [-0.2, -0.15) is 4.72 Å². The summed E-state index contributed by atoms with van der Waals surface area (Å²) in [4.78, 5) is 11.3. The van der Waals surface area contributed by atoms with Crippen molar-refractivity contribution in [2.45, 2.75) is 37.1 Å². The van der Waals surface area contributed by atoms with Gasteiger partial charge in [-0.05, 0) is 47.5 Å². The largest absolute Gasteiger partial charge is 0.480 e. The van der Waals surface area contributed by atoms with E-state index < -0.39 is 21.5 Å². The van der Waals surface area contributed by atoms with Gasteiger partial charge in [-0.25, -0.2) is 8.42 Å². The topological polar surface area (TPSA) is 83.5 Å². The third kappa shape index (κ3) is 4.03. The summed E-state index contributed by atoms with van der Waals surface area (Å²) in [6, 6.07) is 4.58. The van der Waals surface area contributed by atoms with Crippen LogP contribution in [-0.2, 0) is 14.8 Å². The number of carbonyl (C=O) groups is 1. The van der Waals surface area contributed by atoms with Gasteiger partial charge >= 0.3 is 5.97 Å². The summed E-state index contributed by atoms with van der Waals surface area (Å²) >= 11 is 6.40. The van der Waals surface area contributed by atoms with E-state index in [1.54, 1.807) is 19.1 Å². The smallest absolute Gasteiger partial charge is 0.324 e. The highest BCUT2D eigenvalue weighted by Gasteiger charge is 2.37. The van der Waals surface area contributed by atoms with Crippen LogP contribution >= 0.6 is 31.9 Å². The molecule has 0 bridgehead atoms. The van der Waals surface area contributed by atoms with Crippen molar-refractivity contribution in [2.75, 3.05) is 0 Å². The van der Waals surface area contributed by atoms with Crippen LogP contribution in [0.25, 0.3) is 0 Å². The molecule has 1 unspecified atom stereocenters. The number of aliphatic carboxylic acids is 1. The minimum Gasteiger partial charge on any atom is -0.480 e. The first-order valence-electron chi connectivity index (χ1n) is 5.85. The Morgan fingerprint density at radius 2 is 2.00 bits per heavy atom. The average molecular weight is 429 g/mol. The zero-order chi connectivity index (χ0) is 15.6. The van der Waals surface area contributed by atoms with E-state index >= 15 is 0 Å². The standard InChI is InChI=1S/C12H15Br2NO4S/c1-3-6-12(2,11(16)17)15-20(18,19)10-5-4-8(13)7-9(10)14/h4-5,7,15H,3,6H2,1-2H3,(H,16,17). The van der Waals surface area contributed by atoms with Crippen molar-refractivity contribution in [3.05, 3.63) is 27.1 Å². The zero-order valence-electron chi connectivity index (χ0n) is 11.0. The average Bonchev–Trinajstić information content (AvgIpc) is 2.27. The fourth-order valence-corrected chi connectivity index (χ4v) is 4.89. The molecule has 0 radical (unpaired) electrons. The minimum absolute atomic E-state index is 0.00396. The summed E-state index contributed by atoms with van der Waals surface area (Å²) in [5.41, 5.74) is -1.53. The van der Waals surface area contributed by atoms with Crippen molar-refractivity contribution >= 4 is 47.9 Å². The fraction of sp³-hybridized carbons (Fsp3) is 0.417. The number of benzene rings is 1. The molecule has 5 nitrogen and oxygen atoms in total. The van der Waals surface area contributed by atoms with Gasteiger partial charge in [0.05, 0.1) is 4.90 Å². The zero-order valence-corrected chi connectivity index (χ0v) is 15.0. The molecule has 1 aromatic carbocycles. The Kier molecular flexibility index (Phi) is 5.77. The molecule has 0 saturated heterocycles. The van der Waals surface area contributed by atoms with Crippen LogP contribution in [0.5, 0.6) is 0 Å². The molecule has 0 amide bonds. The third-order valence-electron chi connectivity index (χ3n) is 2.77. The maximum absolute atomic E-state index is 12.3. The Balaban J connectivity index is 3.20. The SMILES string of the molecule is CCCC(C)(NS(=O)(=O)c1ccc(Br)cc1Br)C(=O)O. The first kappa shape index (κ1) is 17.6. The van der Waals surface area contributed by atoms with E-state index in [1.165, 1.54) is 13.0 Å². The van der Waals surface area contributed by atoms with Gasteiger partial charge in [0.1, 0.15) is 5.54 Å². The Hall–Kier alpha value is -0.440. The van der Waals surface area contributed by atoms with Crippen LogP contribution in [0, 0.1) is 0 Å². The molecule has 0 aliphatic rings. The van der Waals surface area contributed by atoms with E-state index in [-0.39, 0.29) is 11.3 Å². The molecule has 8 heteroatoms. The highest BCUT2D eigenvalue weighted by Crippen LogP contribution is 2.27. The number of carboxylic acid groups (broad SMARTS) is 1. The molecule has 0 saturated carbocycles. The van der Waals surface area contributed by atoms with E-state index in [0.29, 0.717) is 10.9 Å². The molecular weight excluding hydrogens is 414 g/mol. The number of hydrogen-bond acceptors (Lipinski definition) is 3. The Bertz CT molecular complexity index is 618. The van der Waals surface area contributed by atoms with Crippen LogP contribution in [0.2, 0.25) is 0 Å². The highest BCUT2D eigenvalue weighted by atomic mass is 79.9. The summed E-state index contributed by atoms with van der Waals surface area (Å²) in [5, 5.41) is 9.24. The van der Waals surface area contributed by atoms with Gasteiger partial charge < -0.3 is 5.11 Å².